The molecular weight excluding hydrogens is 570 g/mol. The van der Waals surface area contributed by atoms with E-state index in [1.54, 1.807) is 33.1 Å². The molecule has 12 heteroatoms. The molecule has 0 radical (unpaired) electrons. The number of likely N-dealkylation sites (tertiary alicyclic amines) is 1. The van der Waals surface area contributed by atoms with Gasteiger partial charge in [0, 0.05) is 19.6 Å². The third-order valence-corrected chi connectivity index (χ3v) is 7.29. The van der Waals surface area contributed by atoms with Gasteiger partial charge >= 0.3 is 11.9 Å². The first kappa shape index (κ1) is 34.6. The number of para-hydroxylation sites is 2. The molecule has 0 aliphatic carbocycles. The van der Waals surface area contributed by atoms with Crippen molar-refractivity contribution >= 4 is 17.8 Å². The molecule has 1 aliphatic heterocycles. The smallest absolute Gasteiger partial charge is 0.326 e. The zero-order valence-corrected chi connectivity index (χ0v) is 25.7. The number of aliphatic hydroxyl groups excluding tert-OH is 1. The van der Waals surface area contributed by atoms with Gasteiger partial charge in [-0.25, -0.2) is 4.79 Å². The van der Waals surface area contributed by atoms with Crippen molar-refractivity contribution in [3.63, 3.8) is 0 Å². The highest BCUT2D eigenvalue weighted by Gasteiger charge is 2.37. The molecule has 0 aromatic heterocycles. The Bertz CT molecular complexity index is 1190. The lowest BCUT2D eigenvalue weighted by molar-refractivity contribution is -0.150. The van der Waals surface area contributed by atoms with Gasteiger partial charge in [-0.3, -0.25) is 14.9 Å². The number of nitrogens with one attached hydrogen (secondary N) is 2. The molecule has 1 amide bonds. The second-order valence-electron chi connectivity index (χ2n) is 10.6. The minimum absolute atomic E-state index is 0.111. The van der Waals surface area contributed by atoms with Crippen LogP contribution in [0.3, 0.4) is 0 Å². The van der Waals surface area contributed by atoms with Crippen LogP contribution >= 0.6 is 0 Å². The van der Waals surface area contributed by atoms with Crippen LogP contribution in [-0.4, -0.2) is 104 Å². The summed E-state index contributed by atoms with van der Waals surface area (Å²) in [6, 6.07) is 12.4. The molecule has 0 saturated carbocycles. The third-order valence-electron chi connectivity index (χ3n) is 7.29. The first-order chi connectivity index (χ1) is 21.2. The normalized spacial score (nSPS) is 16.5. The number of amides is 1. The number of carboxylic acids is 1. The largest absolute Gasteiger partial charge is 0.493 e. The number of aliphatic carboxylic acids is 1. The van der Waals surface area contributed by atoms with Crippen LogP contribution in [0.5, 0.6) is 17.2 Å². The van der Waals surface area contributed by atoms with Crippen LogP contribution in [0, 0.1) is 0 Å². The lowest BCUT2D eigenvalue weighted by Crippen LogP contribution is -2.53. The van der Waals surface area contributed by atoms with Crippen molar-refractivity contribution in [3.05, 3.63) is 54.1 Å². The molecule has 1 saturated heterocycles. The van der Waals surface area contributed by atoms with Gasteiger partial charge < -0.3 is 39.4 Å². The highest BCUT2D eigenvalue weighted by Crippen LogP contribution is 2.25. The molecule has 4 N–H and O–H groups in total. The minimum Gasteiger partial charge on any atom is -0.493 e. The molecule has 2 aromatic carbocycles. The first-order valence-electron chi connectivity index (χ1n) is 15.1. The maximum Gasteiger partial charge on any atom is 0.326 e. The number of hydrogen-bond donors (Lipinski definition) is 4. The maximum atomic E-state index is 13.0. The van der Waals surface area contributed by atoms with Crippen LogP contribution in [0.25, 0.3) is 0 Å². The Morgan fingerprint density at radius 1 is 1.07 bits per heavy atom. The van der Waals surface area contributed by atoms with Gasteiger partial charge in [0.05, 0.1) is 19.8 Å². The topological polar surface area (TPSA) is 156 Å². The second kappa shape index (κ2) is 18.1. The van der Waals surface area contributed by atoms with Gasteiger partial charge in [0.1, 0.15) is 37.2 Å². The predicted molar refractivity (Wildman–Crippen MR) is 163 cm³/mol. The Morgan fingerprint density at radius 2 is 1.80 bits per heavy atom. The maximum absolute atomic E-state index is 13.0. The lowest BCUT2D eigenvalue weighted by Gasteiger charge is -2.27. The summed E-state index contributed by atoms with van der Waals surface area (Å²) < 4.78 is 21.9. The van der Waals surface area contributed by atoms with E-state index < -0.39 is 36.2 Å². The average molecular weight is 616 g/mol. The third kappa shape index (κ3) is 10.7. The van der Waals surface area contributed by atoms with Gasteiger partial charge in [-0.15, -0.1) is 0 Å². The summed E-state index contributed by atoms with van der Waals surface area (Å²) >= 11 is 0. The monoisotopic (exact) mass is 615 g/mol. The van der Waals surface area contributed by atoms with E-state index in [0.29, 0.717) is 69.2 Å². The van der Waals surface area contributed by atoms with Crippen molar-refractivity contribution < 1.29 is 43.5 Å². The molecule has 4 unspecified atom stereocenters. The predicted octanol–water partition coefficient (Wildman–Crippen LogP) is 2.02. The summed E-state index contributed by atoms with van der Waals surface area (Å²) in [6.45, 7) is 5.35. The molecule has 3 rings (SSSR count). The number of benzene rings is 2. The molecule has 1 fully saturated rings. The number of ether oxygens (including phenoxy) is 4. The fourth-order valence-electron chi connectivity index (χ4n) is 4.98. The number of aliphatic hydroxyl groups is 1. The van der Waals surface area contributed by atoms with Crippen molar-refractivity contribution in [2.45, 2.75) is 63.8 Å². The van der Waals surface area contributed by atoms with Crippen LogP contribution in [0.4, 0.5) is 0 Å². The van der Waals surface area contributed by atoms with Gasteiger partial charge in [-0.2, -0.15) is 0 Å². The number of methoxy groups -OCH3 is 1. The number of aryl methyl sites for hydroxylation is 1. The molecule has 242 valence electrons. The van der Waals surface area contributed by atoms with Crippen LogP contribution in [-0.2, 0) is 25.5 Å². The Balaban J connectivity index is 1.40. The fraction of sp³-hybridized carbons (Fsp3) is 0.531. The number of carbonyl (C=O) groups is 3. The van der Waals surface area contributed by atoms with Crippen LogP contribution in [0.2, 0.25) is 0 Å². The minimum atomic E-state index is -1.02. The van der Waals surface area contributed by atoms with E-state index in [9.17, 15) is 24.6 Å². The standard InChI is InChI=1S/C32H45N3O9/c1-4-42-32(40)26(34-22(2)30(37)35-18-7-8-27(35)31(38)39)16-13-23-11-14-25(15-12-23)44-21-24(36)20-33-17-19-43-29-10-6-5-9-28(29)41-3/h5-6,9-12,14-15,22,24,26-27,33-34,36H,4,7-8,13,16-21H2,1-3H3,(H,38,39). The van der Waals surface area contributed by atoms with Gasteiger partial charge in [0.15, 0.2) is 11.5 Å². The summed E-state index contributed by atoms with van der Waals surface area (Å²) in [5.41, 5.74) is 0.954. The van der Waals surface area contributed by atoms with E-state index in [1.165, 1.54) is 4.90 Å². The molecular formula is C32H45N3O9. The molecule has 4 atom stereocenters. The molecule has 0 bridgehead atoms. The van der Waals surface area contributed by atoms with Crippen molar-refractivity contribution in [1.82, 2.24) is 15.5 Å². The van der Waals surface area contributed by atoms with E-state index in [2.05, 4.69) is 10.6 Å². The number of nitrogens with zero attached hydrogens (tertiary/aromatic N) is 1. The van der Waals surface area contributed by atoms with Gasteiger partial charge in [0.25, 0.3) is 0 Å². The van der Waals surface area contributed by atoms with Gasteiger partial charge in [0.2, 0.25) is 5.91 Å². The number of rotatable bonds is 19. The van der Waals surface area contributed by atoms with Crippen molar-refractivity contribution in [2.24, 2.45) is 0 Å². The van der Waals surface area contributed by atoms with Crippen LogP contribution in [0.1, 0.15) is 38.7 Å². The molecule has 12 nitrogen and oxygen atoms in total. The summed E-state index contributed by atoms with van der Waals surface area (Å²) in [4.78, 5) is 38.5. The molecule has 0 spiro atoms. The first-order valence-corrected chi connectivity index (χ1v) is 15.1. The van der Waals surface area contributed by atoms with E-state index >= 15 is 0 Å². The Kier molecular flexibility index (Phi) is 14.2. The molecule has 1 heterocycles. The quantitative estimate of drug-likeness (QED) is 0.135. The zero-order valence-electron chi connectivity index (χ0n) is 25.7. The average Bonchev–Trinajstić information content (AvgIpc) is 3.53. The number of carbonyl (C=O) groups excluding carboxylic acids is 2. The summed E-state index contributed by atoms with van der Waals surface area (Å²) in [7, 11) is 1.59. The van der Waals surface area contributed by atoms with Crippen molar-refractivity contribution in [3.8, 4) is 17.2 Å². The van der Waals surface area contributed by atoms with Crippen molar-refractivity contribution in [1.29, 1.82) is 0 Å². The molecule has 44 heavy (non-hydrogen) atoms. The molecule has 2 aromatic rings. The zero-order chi connectivity index (χ0) is 31.9. The van der Waals surface area contributed by atoms with E-state index in [-0.39, 0.29) is 19.1 Å². The number of esters is 1. The molecule has 1 aliphatic rings. The summed E-state index contributed by atoms with van der Waals surface area (Å²) in [5.74, 6) is 0.106. The van der Waals surface area contributed by atoms with E-state index in [4.69, 9.17) is 18.9 Å². The Hall–Kier alpha value is -3.87. The Morgan fingerprint density at radius 3 is 2.48 bits per heavy atom. The lowest BCUT2D eigenvalue weighted by atomic mass is 10.0. The highest BCUT2D eigenvalue weighted by molar-refractivity contribution is 5.88. The van der Waals surface area contributed by atoms with Gasteiger partial charge in [-0.05, 0) is 69.4 Å². The van der Waals surface area contributed by atoms with Crippen molar-refractivity contribution in [2.75, 3.05) is 46.6 Å². The SMILES string of the molecule is CCOC(=O)C(CCc1ccc(OCC(O)CNCCOc2ccccc2OC)cc1)NC(C)C(=O)N1CCCC1C(=O)O. The van der Waals surface area contributed by atoms with E-state index in [1.807, 2.05) is 36.4 Å². The fourth-order valence-corrected chi connectivity index (χ4v) is 4.98. The summed E-state index contributed by atoms with van der Waals surface area (Å²) in [5, 5.41) is 25.9. The van der Waals surface area contributed by atoms with Crippen LogP contribution < -0.4 is 24.8 Å². The number of hydrogen-bond acceptors (Lipinski definition) is 10. The van der Waals surface area contributed by atoms with Gasteiger partial charge in [-0.1, -0.05) is 24.3 Å². The highest BCUT2D eigenvalue weighted by atomic mass is 16.5. The Labute approximate surface area is 258 Å². The second-order valence-corrected chi connectivity index (χ2v) is 10.6. The number of carboxylic acid groups (broad SMARTS) is 1. The summed E-state index contributed by atoms with van der Waals surface area (Å²) in [6.07, 6.45) is 1.25. The van der Waals surface area contributed by atoms with E-state index in [0.717, 1.165) is 5.56 Å². The van der Waals surface area contributed by atoms with Crippen LogP contribution in [0.15, 0.2) is 48.5 Å².